The van der Waals surface area contributed by atoms with E-state index in [1.165, 1.54) is 17.0 Å². The number of amides is 2. The molecule has 0 aliphatic rings. The molecule has 0 radical (unpaired) electrons. The van der Waals surface area contributed by atoms with Gasteiger partial charge in [-0.25, -0.2) is 8.42 Å². The number of para-hydroxylation sites is 1. The zero-order valence-corrected chi connectivity index (χ0v) is 25.8. The first-order chi connectivity index (χ1) is 20.7. The Balaban J connectivity index is 1.78. The summed E-state index contributed by atoms with van der Waals surface area (Å²) in [7, 11) is -4.12. The van der Waals surface area contributed by atoms with Crippen LogP contribution in [0.15, 0.2) is 120 Å². The summed E-state index contributed by atoms with van der Waals surface area (Å²) in [5, 5.41) is 3.58. The Morgan fingerprint density at radius 2 is 1.35 bits per heavy atom. The molecule has 2 unspecified atom stereocenters. The molecule has 1 N–H and O–H groups in total. The molecule has 2 amide bonds. The summed E-state index contributed by atoms with van der Waals surface area (Å²) in [6.07, 6.45) is 0.964. The Morgan fingerprint density at radius 1 is 0.791 bits per heavy atom. The SMILES string of the molecule is CCC(C)NC(=O)C(Cc1ccccc1)N(Cc1ccc(Cl)cc1)C(=O)CN(c1ccccc1)S(=O)(=O)c1ccccc1. The molecule has 0 aliphatic heterocycles. The van der Waals surface area contributed by atoms with Crippen LogP contribution in [0, 0.1) is 0 Å². The summed E-state index contributed by atoms with van der Waals surface area (Å²) in [6, 6.07) is 32.0. The van der Waals surface area contributed by atoms with Crippen LogP contribution in [0.5, 0.6) is 0 Å². The average Bonchev–Trinajstić information content (AvgIpc) is 3.03. The molecule has 4 rings (SSSR count). The minimum atomic E-state index is -4.12. The van der Waals surface area contributed by atoms with Gasteiger partial charge in [0.05, 0.1) is 10.6 Å². The summed E-state index contributed by atoms with van der Waals surface area (Å²) in [6.45, 7) is 3.46. The number of benzene rings is 4. The molecule has 0 saturated heterocycles. The van der Waals surface area contributed by atoms with E-state index in [2.05, 4.69) is 5.32 Å². The van der Waals surface area contributed by atoms with Gasteiger partial charge >= 0.3 is 0 Å². The third kappa shape index (κ3) is 8.46. The monoisotopic (exact) mass is 617 g/mol. The van der Waals surface area contributed by atoms with Gasteiger partial charge in [0.25, 0.3) is 10.0 Å². The van der Waals surface area contributed by atoms with Crippen molar-refractivity contribution < 1.29 is 18.0 Å². The van der Waals surface area contributed by atoms with Crippen LogP contribution < -0.4 is 9.62 Å². The summed E-state index contributed by atoms with van der Waals surface area (Å²) in [4.78, 5) is 29.7. The van der Waals surface area contributed by atoms with Crippen LogP contribution in [0.1, 0.15) is 31.4 Å². The van der Waals surface area contributed by atoms with Gasteiger partial charge in [0, 0.05) is 24.0 Å². The predicted octanol–water partition coefficient (Wildman–Crippen LogP) is 6.09. The van der Waals surface area contributed by atoms with Gasteiger partial charge in [-0.1, -0.05) is 97.4 Å². The molecule has 43 heavy (non-hydrogen) atoms. The van der Waals surface area contributed by atoms with Crippen molar-refractivity contribution in [1.82, 2.24) is 10.2 Å². The second kappa shape index (κ2) is 14.8. The van der Waals surface area contributed by atoms with Crippen LogP contribution in [-0.4, -0.2) is 43.8 Å². The molecule has 4 aromatic carbocycles. The highest BCUT2D eigenvalue weighted by molar-refractivity contribution is 7.92. The molecule has 0 bridgehead atoms. The van der Waals surface area contributed by atoms with Crippen LogP contribution >= 0.6 is 11.6 Å². The second-order valence-electron chi connectivity index (χ2n) is 10.3. The van der Waals surface area contributed by atoms with E-state index in [1.54, 1.807) is 72.8 Å². The number of nitrogens with zero attached hydrogens (tertiary/aromatic N) is 2. The Morgan fingerprint density at radius 3 is 1.93 bits per heavy atom. The number of halogens is 1. The van der Waals surface area contributed by atoms with E-state index in [4.69, 9.17) is 11.6 Å². The largest absolute Gasteiger partial charge is 0.352 e. The van der Waals surface area contributed by atoms with Crippen molar-refractivity contribution in [1.29, 1.82) is 0 Å². The van der Waals surface area contributed by atoms with Gasteiger partial charge in [-0.05, 0) is 60.9 Å². The van der Waals surface area contributed by atoms with Gasteiger partial charge in [-0.3, -0.25) is 13.9 Å². The lowest BCUT2D eigenvalue weighted by atomic mass is 10.0. The molecule has 9 heteroatoms. The van der Waals surface area contributed by atoms with E-state index in [0.717, 1.165) is 15.4 Å². The molecule has 0 spiro atoms. The molecule has 0 aliphatic carbocycles. The second-order valence-corrected chi connectivity index (χ2v) is 12.6. The number of hydrogen-bond donors (Lipinski definition) is 1. The minimum absolute atomic E-state index is 0.0613. The van der Waals surface area contributed by atoms with Gasteiger partial charge in [0.15, 0.2) is 0 Å². The summed E-state index contributed by atoms with van der Waals surface area (Å²) in [5.41, 5.74) is 1.97. The highest BCUT2D eigenvalue weighted by Crippen LogP contribution is 2.25. The Bertz CT molecular complexity index is 1590. The van der Waals surface area contributed by atoms with Crippen molar-refractivity contribution in [2.45, 2.75) is 50.2 Å². The van der Waals surface area contributed by atoms with E-state index in [9.17, 15) is 18.0 Å². The Labute approximate surface area is 259 Å². The van der Waals surface area contributed by atoms with Crippen LogP contribution in [-0.2, 0) is 32.6 Å². The molecule has 0 saturated carbocycles. The molecule has 224 valence electrons. The molecule has 0 fully saturated rings. The first-order valence-electron chi connectivity index (χ1n) is 14.2. The number of hydrogen-bond acceptors (Lipinski definition) is 4. The van der Waals surface area contributed by atoms with E-state index < -0.39 is 28.5 Å². The van der Waals surface area contributed by atoms with Crippen molar-refractivity contribution in [3.63, 3.8) is 0 Å². The fourth-order valence-corrected chi connectivity index (χ4v) is 6.19. The number of carbonyl (C=O) groups excluding carboxylic acids is 2. The van der Waals surface area contributed by atoms with Crippen molar-refractivity contribution in [2.24, 2.45) is 0 Å². The highest BCUT2D eigenvalue weighted by atomic mass is 35.5. The lowest BCUT2D eigenvalue weighted by Crippen LogP contribution is -2.54. The average molecular weight is 618 g/mol. The van der Waals surface area contributed by atoms with Gasteiger partial charge in [0.2, 0.25) is 11.8 Å². The first-order valence-corrected chi connectivity index (χ1v) is 16.0. The van der Waals surface area contributed by atoms with Crippen LogP contribution in [0.4, 0.5) is 5.69 Å². The molecular weight excluding hydrogens is 582 g/mol. The van der Waals surface area contributed by atoms with Gasteiger partial charge in [0.1, 0.15) is 12.6 Å². The van der Waals surface area contributed by atoms with Gasteiger partial charge in [-0.15, -0.1) is 0 Å². The summed E-state index contributed by atoms with van der Waals surface area (Å²) in [5.74, 6) is -0.823. The fourth-order valence-electron chi connectivity index (χ4n) is 4.62. The third-order valence-corrected chi connectivity index (χ3v) is 9.23. The first kappa shape index (κ1) is 31.8. The van der Waals surface area contributed by atoms with Crippen molar-refractivity contribution in [3.8, 4) is 0 Å². The zero-order valence-electron chi connectivity index (χ0n) is 24.3. The smallest absolute Gasteiger partial charge is 0.264 e. The number of rotatable bonds is 13. The lowest BCUT2D eigenvalue weighted by Gasteiger charge is -2.34. The van der Waals surface area contributed by atoms with Gasteiger partial charge < -0.3 is 10.2 Å². The number of carbonyl (C=O) groups is 2. The van der Waals surface area contributed by atoms with Gasteiger partial charge in [-0.2, -0.15) is 0 Å². The number of anilines is 1. The number of sulfonamides is 1. The molecule has 4 aromatic rings. The van der Waals surface area contributed by atoms with E-state index in [-0.39, 0.29) is 29.8 Å². The standard InChI is InChI=1S/C34H36ClN3O4S/c1-3-26(2)36-34(40)32(23-27-13-7-4-8-14-27)37(24-28-19-21-29(35)22-20-28)33(39)25-38(30-15-9-5-10-16-30)43(41,42)31-17-11-6-12-18-31/h4-22,26,32H,3,23-25H2,1-2H3,(H,36,40). The summed E-state index contributed by atoms with van der Waals surface area (Å²) < 4.78 is 29.0. The van der Waals surface area contributed by atoms with E-state index in [1.807, 2.05) is 44.2 Å². The van der Waals surface area contributed by atoms with Crippen LogP contribution in [0.2, 0.25) is 5.02 Å². The zero-order chi connectivity index (χ0) is 30.8. The molecule has 2 atom stereocenters. The predicted molar refractivity (Wildman–Crippen MR) is 171 cm³/mol. The maximum absolute atomic E-state index is 14.4. The van der Waals surface area contributed by atoms with Crippen LogP contribution in [0.25, 0.3) is 0 Å². The number of nitrogens with one attached hydrogen (secondary N) is 1. The van der Waals surface area contributed by atoms with Crippen molar-refractivity contribution in [3.05, 3.63) is 131 Å². The molecular formula is C34H36ClN3O4S. The normalized spacial score (nSPS) is 12.6. The summed E-state index contributed by atoms with van der Waals surface area (Å²) >= 11 is 6.13. The fraction of sp³-hybridized carbons (Fsp3) is 0.235. The maximum Gasteiger partial charge on any atom is 0.264 e. The van der Waals surface area contributed by atoms with Crippen LogP contribution in [0.3, 0.4) is 0 Å². The lowest BCUT2D eigenvalue weighted by molar-refractivity contribution is -0.140. The highest BCUT2D eigenvalue weighted by Gasteiger charge is 2.34. The van der Waals surface area contributed by atoms with Crippen molar-refractivity contribution in [2.75, 3.05) is 10.8 Å². The topological polar surface area (TPSA) is 86.8 Å². The Hall–Kier alpha value is -4.14. The molecule has 0 heterocycles. The Kier molecular flexibility index (Phi) is 11.0. The maximum atomic E-state index is 14.4. The minimum Gasteiger partial charge on any atom is -0.352 e. The van der Waals surface area contributed by atoms with E-state index >= 15 is 0 Å². The quantitative estimate of drug-likeness (QED) is 0.197. The molecule has 7 nitrogen and oxygen atoms in total. The molecule has 0 aromatic heterocycles. The third-order valence-electron chi connectivity index (χ3n) is 7.19. The van der Waals surface area contributed by atoms with E-state index in [0.29, 0.717) is 17.1 Å². The van der Waals surface area contributed by atoms with Crippen molar-refractivity contribution >= 4 is 39.1 Å².